The molecule has 3 rings (SSSR count). The number of hydrogen-bond donors (Lipinski definition) is 0. The molecule has 2 aromatic carbocycles. The van der Waals surface area contributed by atoms with Gasteiger partial charge in [0, 0.05) is 11.0 Å². The molecule has 0 saturated carbocycles. The monoisotopic (exact) mass is 409 g/mol. The number of carbonyl (C=O) groups excluding carboxylic acids is 1. The van der Waals surface area contributed by atoms with Gasteiger partial charge in [0.05, 0.1) is 5.56 Å². The highest BCUT2D eigenvalue weighted by molar-refractivity contribution is 9.10. The number of halogens is 2. The Morgan fingerprint density at radius 2 is 1.75 bits per heavy atom. The van der Waals surface area contributed by atoms with Crippen LogP contribution in [0.1, 0.15) is 34.3 Å². The number of hydrogen-bond acceptors (Lipinski definition) is 3. The Kier molecular flexibility index (Phi) is 7.28. The van der Waals surface area contributed by atoms with Crippen LogP contribution < -0.4 is 0 Å². The third-order valence-electron chi connectivity index (χ3n) is 4.13. The Labute approximate surface area is 157 Å². The number of likely N-dealkylation sites (tertiary alicyclic amines) is 1. The van der Waals surface area contributed by atoms with Crippen LogP contribution >= 0.6 is 28.3 Å². The Balaban J connectivity index is 0.00000208. The van der Waals surface area contributed by atoms with Crippen LogP contribution in [0.3, 0.4) is 0 Å². The van der Waals surface area contributed by atoms with Gasteiger partial charge >= 0.3 is 5.97 Å². The van der Waals surface area contributed by atoms with Gasteiger partial charge in [-0.25, -0.2) is 4.79 Å². The molecule has 1 aliphatic heterocycles. The van der Waals surface area contributed by atoms with E-state index in [-0.39, 0.29) is 18.4 Å². The summed E-state index contributed by atoms with van der Waals surface area (Å²) in [7, 11) is 0. The van der Waals surface area contributed by atoms with Crippen molar-refractivity contribution in [3.8, 4) is 0 Å². The molecular weight excluding hydrogens is 390 g/mol. The highest BCUT2D eigenvalue weighted by Crippen LogP contribution is 2.18. The van der Waals surface area contributed by atoms with Gasteiger partial charge in [0.2, 0.25) is 0 Å². The summed E-state index contributed by atoms with van der Waals surface area (Å²) in [5.74, 6) is -0.290. The van der Waals surface area contributed by atoms with Gasteiger partial charge in [-0.15, -0.1) is 12.4 Å². The summed E-state index contributed by atoms with van der Waals surface area (Å²) in [6.45, 7) is 3.57. The second-order valence-corrected chi connectivity index (χ2v) is 6.75. The summed E-state index contributed by atoms with van der Waals surface area (Å²) in [6, 6.07) is 15.5. The van der Waals surface area contributed by atoms with Crippen LogP contribution in [0.15, 0.2) is 53.0 Å². The molecular formula is C19H21BrClNO2. The molecule has 3 nitrogen and oxygen atoms in total. The Bertz CT molecular complexity index is 687. The summed E-state index contributed by atoms with van der Waals surface area (Å²) < 4.78 is 6.37. The largest absolute Gasteiger partial charge is 0.457 e. The summed E-state index contributed by atoms with van der Waals surface area (Å²) in [5.41, 5.74) is 2.90. The van der Waals surface area contributed by atoms with E-state index in [0.717, 1.165) is 29.7 Å². The first-order valence-electron chi connectivity index (χ1n) is 7.94. The van der Waals surface area contributed by atoms with Gasteiger partial charge in [0.15, 0.2) is 0 Å². The smallest absolute Gasteiger partial charge is 0.338 e. The summed E-state index contributed by atoms with van der Waals surface area (Å²) in [4.78, 5) is 14.6. The Morgan fingerprint density at radius 1 is 1.04 bits per heavy atom. The average Bonchev–Trinajstić information content (AvgIpc) is 3.07. The minimum absolute atomic E-state index is 0. The topological polar surface area (TPSA) is 29.5 Å². The molecule has 1 aliphatic rings. The number of benzene rings is 2. The maximum absolute atomic E-state index is 12.2. The molecule has 0 bridgehead atoms. The molecule has 0 spiro atoms. The maximum Gasteiger partial charge on any atom is 0.338 e. The maximum atomic E-state index is 12.2. The van der Waals surface area contributed by atoms with Crippen LogP contribution in [0.4, 0.5) is 0 Å². The quantitative estimate of drug-likeness (QED) is 0.662. The molecule has 0 aromatic heterocycles. The zero-order valence-corrected chi connectivity index (χ0v) is 15.8. The van der Waals surface area contributed by atoms with E-state index in [1.165, 1.54) is 18.4 Å². The summed E-state index contributed by atoms with van der Waals surface area (Å²) >= 11 is 3.37. The van der Waals surface area contributed by atoms with Gasteiger partial charge < -0.3 is 4.74 Å². The molecule has 0 radical (unpaired) electrons. The number of carbonyl (C=O) groups is 1. The van der Waals surface area contributed by atoms with Gasteiger partial charge in [0.1, 0.15) is 6.61 Å². The predicted octanol–water partition coefficient (Wildman–Crippen LogP) is 4.82. The fourth-order valence-electron chi connectivity index (χ4n) is 2.88. The third kappa shape index (κ3) is 5.07. The molecule has 128 valence electrons. The number of ether oxygens (including phenoxy) is 1. The van der Waals surface area contributed by atoms with Crippen molar-refractivity contribution in [1.29, 1.82) is 0 Å². The third-order valence-corrected chi connectivity index (χ3v) is 4.62. The second kappa shape index (κ2) is 9.21. The Morgan fingerprint density at radius 3 is 2.46 bits per heavy atom. The predicted molar refractivity (Wildman–Crippen MR) is 101 cm³/mol. The molecule has 0 N–H and O–H groups in total. The highest BCUT2D eigenvalue weighted by atomic mass is 79.9. The number of rotatable bonds is 5. The minimum Gasteiger partial charge on any atom is -0.457 e. The fourth-order valence-corrected chi connectivity index (χ4v) is 3.28. The van der Waals surface area contributed by atoms with Crippen LogP contribution in [-0.2, 0) is 17.9 Å². The number of esters is 1. The lowest BCUT2D eigenvalue weighted by atomic mass is 10.1. The van der Waals surface area contributed by atoms with E-state index in [0.29, 0.717) is 12.2 Å². The summed E-state index contributed by atoms with van der Waals surface area (Å²) in [5, 5.41) is 0. The van der Waals surface area contributed by atoms with E-state index in [2.05, 4.69) is 26.9 Å². The fraction of sp³-hybridized carbons (Fsp3) is 0.316. The van der Waals surface area contributed by atoms with Crippen molar-refractivity contribution in [1.82, 2.24) is 4.90 Å². The van der Waals surface area contributed by atoms with E-state index in [9.17, 15) is 4.79 Å². The lowest BCUT2D eigenvalue weighted by molar-refractivity contribution is 0.0471. The molecule has 1 heterocycles. The zero-order chi connectivity index (χ0) is 16.1. The minimum atomic E-state index is -0.290. The lowest BCUT2D eigenvalue weighted by Crippen LogP contribution is -2.19. The first-order chi connectivity index (χ1) is 11.2. The molecule has 2 aromatic rings. The van der Waals surface area contributed by atoms with Gasteiger partial charge in [-0.2, -0.15) is 0 Å². The van der Waals surface area contributed by atoms with Gasteiger partial charge in [0.25, 0.3) is 0 Å². The van der Waals surface area contributed by atoms with Crippen LogP contribution in [-0.4, -0.2) is 24.0 Å². The molecule has 0 aliphatic carbocycles. The van der Waals surface area contributed by atoms with Crippen LogP contribution in [0.25, 0.3) is 0 Å². The summed E-state index contributed by atoms with van der Waals surface area (Å²) in [6.07, 6.45) is 2.56. The van der Waals surface area contributed by atoms with Gasteiger partial charge in [-0.05, 0) is 55.3 Å². The van der Waals surface area contributed by atoms with E-state index in [1.807, 2.05) is 30.3 Å². The highest BCUT2D eigenvalue weighted by Gasteiger charge is 2.14. The first-order valence-corrected chi connectivity index (χ1v) is 8.73. The molecule has 1 fully saturated rings. The molecule has 5 heteroatoms. The Hall–Kier alpha value is -1.36. The van der Waals surface area contributed by atoms with Crippen molar-refractivity contribution in [3.05, 3.63) is 69.7 Å². The second-order valence-electron chi connectivity index (χ2n) is 5.84. The van der Waals surface area contributed by atoms with Crippen molar-refractivity contribution in [2.24, 2.45) is 0 Å². The normalized spacial score (nSPS) is 14.2. The number of nitrogens with zero attached hydrogens (tertiary/aromatic N) is 1. The van der Waals surface area contributed by atoms with Crippen molar-refractivity contribution in [2.45, 2.75) is 26.0 Å². The van der Waals surface area contributed by atoms with Gasteiger partial charge in [-0.1, -0.05) is 46.3 Å². The molecule has 0 atom stereocenters. The van der Waals surface area contributed by atoms with Crippen molar-refractivity contribution in [2.75, 3.05) is 13.1 Å². The zero-order valence-electron chi connectivity index (χ0n) is 13.4. The molecule has 0 unspecified atom stereocenters. The van der Waals surface area contributed by atoms with Crippen molar-refractivity contribution >= 4 is 34.3 Å². The van der Waals surface area contributed by atoms with E-state index in [1.54, 1.807) is 12.1 Å². The van der Waals surface area contributed by atoms with Crippen LogP contribution in [0.2, 0.25) is 0 Å². The standard InChI is InChI=1S/C19H20BrNO2.ClH/c20-18-9-5-8-15(12-18)19(22)23-14-17-7-2-1-6-16(17)13-21-10-3-4-11-21;/h1-2,5-9,12H,3-4,10-11,13-14H2;1H. The lowest BCUT2D eigenvalue weighted by Gasteiger charge is -2.17. The molecule has 1 saturated heterocycles. The average molecular weight is 411 g/mol. The van der Waals surface area contributed by atoms with Crippen molar-refractivity contribution < 1.29 is 9.53 Å². The molecule has 0 amide bonds. The van der Waals surface area contributed by atoms with E-state index in [4.69, 9.17) is 4.74 Å². The SMILES string of the molecule is Cl.O=C(OCc1ccccc1CN1CCCC1)c1cccc(Br)c1. The van der Waals surface area contributed by atoms with Crippen LogP contribution in [0, 0.1) is 0 Å². The van der Waals surface area contributed by atoms with E-state index >= 15 is 0 Å². The van der Waals surface area contributed by atoms with E-state index < -0.39 is 0 Å². The van der Waals surface area contributed by atoms with Crippen molar-refractivity contribution in [3.63, 3.8) is 0 Å². The molecule has 24 heavy (non-hydrogen) atoms. The first kappa shape index (κ1) is 19.0. The van der Waals surface area contributed by atoms with Gasteiger partial charge in [-0.3, -0.25) is 4.90 Å². The van der Waals surface area contributed by atoms with Crippen LogP contribution in [0.5, 0.6) is 0 Å².